The SMILES string of the molecule is C[C@@H](NC(=O)c1cccc(NC(N)=O)c1)c1cccc(Cl)c1. The molecule has 1 atom stereocenters. The topological polar surface area (TPSA) is 84.2 Å². The van der Waals surface area contributed by atoms with E-state index >= 15 is 0 Å². The Hall–Kier alpha value is -2.53. The van der Waals surface area contributed by atoms with Gasteiger partial charge in [-0.1, -0.05) is 29.8 Å². The van der Waals surface area contributed by atoms with Gasteiger partial charge in [-0.05, 0) is 42.8 Å². The van der Waals surface area contributed by atoms with Gasteiger partial charge < -0.3 is 16.4 Å². The molecule has 2 aromatic carbocycles. The number of amides is 3. The van der Waals surface area contributed by atoms with Crippen molar-refractivity contribution in [3.8, 4) is 0 Å². The summed E-state index contributed by atoms with van der Waals surface area (Å²) in [4.78, 5) is 23.1. The number of urea groups is 1. The highest BCUT2D eigenvalue weighted by atomic mass is 35.5. The van der Waals surface area contributed by atoms with Gasteiger partial charge in [-0.3, -0.25) is 4.79 Å². The van der Waals surface area contributed by atoms with Crippen LogP contribution in [-0.4, -0.2) is 11.9 Å². The molecule has 0 saturated heterocycles. The fourth-order valence-electron chi connectivity index (χ4n) is 2.02. The normalized spacial score (nSPS) is 11.5. The summed E-state index contributed by atoms with van der Waals surface area (Å²) in [5, 5.41) is 5.93. The molecule has 2 rings (SSSR count). The molecule has 0 heterocycles. The van der Waals surface area contributed by atoms with Gasteiger partial charge in [0.15, 0.2) is 0 Å². The molecule has 114 valence electrons. The number of carbonyl (C=O) groups excluding carboxylic acids is 2. The van der Waals surface area contributed by atoms with Gasteiger partial charge in [0.1, 0.15) is 0 Å². The number of hydrogen-bond acceptors (Lipinski definition) is 2. The molecule has 3 amide bonds. The van der Waals surface area contributed by atoms with Crippen molar-refractivity contribution in [2.45, 2.75) is 13.0 Å². The third kappa shape index (κ3) is 4.23. The highest BCUT2D eigenvalue weighted by Gasteiger charge is 2.12. The zero-order chi connectivity index (χ0) is 16.1. The van der Waals surface area contributed by atoms with Gasteiger partial charge in [0.25, 0.3) is 5.91 Å². The quantitative estimate of drug-likeness (QED) is 0.808. The summed E-state index contributed by atoms with van der Waals surface area (Å²) < 4.78 is 0. The van der Waals surface area contributed by atoms with Gasteiger partial charge in [-0.2, -0.15) is 0 Å². The fraction of sp³-hybridized carbons (Fsp3) is 0.125. The van der Waals surface area contributed by atoms with E-state index in [4.69, 9.17) is 17.3 Å². The zero-order valence-electron chi connectivity index (χ0n) is 12.0. The molecule has 6 heteroatoms. The number of carbonyl (C=O) groups is 2. The lowest BCUT2D eigenvalue weighted by Crippen LogP contribution is -2.27. The van der Waals surface area contributed by atoms with Crippen molar-refractivity contribution in [1.82, 2.24) is 5.32 Å². The van der Waals surface area contributed by atoms with E-state index in [0.717, 1.165) is 5.56 Å². The Labute approximate surface area is 133 Å². The summed E-state index contributed by atoms with van der Waals surface area (Å²) in [6.07, 6.45) is 0. The number of anilines is 1. The standard InChI is InChI=1S/C16H16ClN3O2/c1-10(11-4-2-6-13(17)8-11)19-15(21)12-5-3-7-14(9-12)20-16(18)22/h2-10H,1H3,(H,19,21)(H3,18,20,22)/t10-/m1/s1. The molecule has 0 aliphatic heterocycles. The molecule has 0 saturated carbocycles. The summed E-state index contributed by atoms with van der Waals surface area (Å²) in [5.74, 6) is -0.249. The number of benzene rings is 2. The maximum absolute atomic E-state index is 12.3. The van der Waals surface area contributed by atoms with E-state index in [0.29, 0.717) is 16.3 Å². The summed E-state index contributed by atoms with van der Waals surface area (Å²) in [7, 11) is 0. The number of hydrogen-bond donors (Lipinski definition) is 3. The van der Waals surface area contributed by atoms with E-state index in [1.165, 1.54) is 0 Å². The first-order valence-corrected chi connectivity index (χ1v) is 7.06. The van der Waals surface area contributed by atoms with Gasteiger partial charge in [0.05, 0.1) is 6.04 Å². The van der Waals surface area contributed by atoms with Crippen LogP contribution in [0, 0.1) is 0 Å². The Kier molecular flexibility index (Phi) is 5.01. The van der Waals surface area contributed by atoms with Crippen LogP contribution >= 0.6 is 11.6 Å². The van der Waals surface area contributed by atoms with Gasteiger partial charge in [0, 0.05) is 16.3 Å². The van der Waals surface area contributed by atoms with Crippen LogP contribution in [0.5, 0.6) is 0 Å². The van der Waals surface area contributed by atoms with E-state index in [1.807, 2.05) is 19.1 Å². The van der Waals surface area contributed by atoms with Crippen molar-refractivity contribution in [3.63, 3.8) is 0 Å². The molecule has 22 heavy (non-hydrogen) atoms. The molecular weight excluding hydrogens is 302 g/mol. The zero-order valence-corrected chi connectivity index (χ0v) is 12.7. The highest BCUT2D eigenvalue weighted by Crippen LogP contribution is 2.18. The van der Waals surface area contributed by atoms with Crippen LogP contribution in [0.2, 0.25) is 5.02 Å². The van der Waals surface area contributed by atoms with Gasteiger partial charge in [0.2, 0.25) is 0 Å². The lowest BCUT2D eigenvalue weighted by Gasteiger charge is -2.15. The largest absolute Gasteiger partial charge is 0.351 e. The second kappa shape index (κ2) is 6.95. The molecule has 0 spiro atoms. The Morgan fingerprint density at radius 2 is 1.86 bits per heavy atom. The van der Waals surface area contributed by atoms with Crippen molar-refractivity contribution in [1.29, 1.82) is 0 Å². The minimum absolute atomic E-state index is 0.195. The number of nitrogens with two attached hydrogens (primary N) is 1. The van der Waals surface area contributed by atoms with Crippen LogP contribution in [0.1, 0.15) is 28.9 Å². The van der Waals surface area contributed by atoms with Crippen LogP contribution in [-0.2, 0) is 0 Å². The molecule has 0 aliphatic rings. The second-order valence-electron chi connectivity index (χ2n) is 4.82. The number of primary amides is 1. The van der Waals surface area contributed by atoms with Crippen LogP contribution < -0.4 is 16.4 Å². The van der Waals surface area contributed by atoms with Crippen LogP contribution in [0.3, 0.4) is 0 Å². The van der Waals surface area contributed by atoms with E-state index < -0.39 is 6.03 Å². The first kappa shape index (κ1) is 15.9. The molecule has 0 radical (unpaired) electrons. The maximum Gasteiger partial charge on any atom is 0.316 e. The predicted molar refractivity (Wildman–Crippen MR) is 87.0 cm³/mol. The van der Waals surface area contributed by atoms with Crippen molar-refractivity contribution >= 4 is 29.2 Å². The maximum atomic E-state index is 12.3. The molecule has 4 N–H and O–H groups in total. The molecule has 0 aliphatic carbocycles. The lowest BCUT2D eigenvalue weighted by molar-refractivity contribution is 0.0940. The van der Waals surface area contributed by atoms with Gasteiger partial charge in [-0.15, -0.1) is 0 Å². The Balaban J connectivity index is 2.10. The molecule has 0 unspecified atom stereocenters. The Morgan fingerprint density at radius 1 is 1.14 bits per heavy atom. The predicted octanol–water partition coefficient (Wildman–Crippen LogP) is 3.32. The van der Waals surface area contributed by atoms with Crippen molar-refractivity contribution in [2.75, 3.05) is 5.32 Å². The van der Waals surface area contributed by atoms with Crippen LogP contribution in [0.25, 0.3) is 0 Å². The Bertz CT molecular complexity index is 703. The monoisotopic (exact) mass is 317 g/mol. The van der Waals surface area contributed by atoms with Crippen molar-refractivity contribution in [2.24, 2.45) is 5.73 Å². The summed E-state index contributed by atoms with van der Waals surface area (Å²) in [5.41, 5.74) is 6.87. The average molecular weight is 318 g/mol. The fourth-order valence-corrected chi connectivity index (χ4v) is 2.22. The van der Waals surface area contributed by atoms with Gasteiger partial charge in [-0.25, -0.2) is 4.79 Å². The Morgan fingerprint density at radius 3 is 2.55 bits per heavy atom. The first-order valence-electron chi connectivity index (χ1n) is 6.68. The molecular formula is C16H16ClN3O2. The van der Waals surface area contributed by atoms with E-state index in [2.05, 4.69) is 10.6 Å². The van der Waals surface area contributed by atoms with Crippen LogP contribution in [0.15, 0.2) is 48.5 Å². The van der Waals surface area contributed by atoms with Crippen LogP contribution in [0.4, 0.5) is 10.5 Å². The minimum Gasteiger partial charge on any atom is -0.351 e. The summed E-state index contributed by atoms with van der Waals surface area (Å²) in [6, 6.07) is 13.0. The van der Waals surface area contributed by atoms with E-state index in [9.17, 15) is 9.59 Å². The molecule has 5 nitrogen and oxygen atoms in total. The van der Waals surface area contributed by atoms with Crippen molar-refractivity contribution < 1.29 is 9.59 Å². The summed E-state index contributed by atoms with van der Waals surface area (Å²) in [6.45, 7) is 1.87. The minimum atomic E-state index is -0.676. The molecule has 2 aromatic rings. The average Bonchev–Trinajstić information content (AvgIpc) is 2.46. The second-order valence-corrected chi connectivity index (χ2v) is 5.26. The third-order valence-corrected chi connectivity index (χ3v) is 3.32. The number of nitrogens with one attached hydrogen (secondary N) is 2. The number of rotatable bonds is 4. The number of halogens is 1. The first-order chi connectivity index (χ1) is 10.5. The smallest absolute Gasteiger partial charge is 0.316 e. The van der Waals surface area contributed by atoms with E-state index in [-0.39, 0.29) is 11.9 Å². The molecule has 0 fully saturated rings. The van der Waals surface area contributed by atoms with Gasteiger partial charge >= 0.3 is 6.03 Å². The summed E-state index contributed by atoms with van der Waals surface area (Å²) >= 11 is 5.95. The van der Waals surface area contributed by atoms with Crippen molar-refractivity contribution in [3.05, 3.63) is 64.7 Å². The highest BCUT2D eigenvalue weighted by molar-refractivity contribution is 6.30. The molecule has 0 aromatic heterocycles. The molecule has 0 bridgehead atoms. The lowest BCUT2D eigenvalue weighted by atomic mass is 10.1. The third-order valence-electron chi connectivity index (χ3n) is 3.09. The van der Waals surface area contributed by atoms with E-state index in [1.54, 1.807) is 36.4 Å².